The molecule has 2 N–H and O–H groups in total. The lowest BCUT2D eigenvalue weighted by Gasteiger charge is -2.26. The minimum absolute atomic E-state index is 0.291. The van der Waals surface area contributed by atoms with Crippen LogP contribution >= 0.6 is 0 Å². The van der Waals surface area contributed by atoms with Crippen LogP contribution in [0, 0.1) is 6.92 Å². The number of rotatable bonds is 10. The van der Waals surface area contributed by atoms with Gasteiger partial charge in [-0.05, 0) is 50.7 Å². The highest BCUT2D eigenvalue weighted by molar-refractivity contribution is 6.02. The van der Waals surface area contributed by atoms with E-state index in [4.69, 9.17) is 9.84 Å². The molecule has 182 valence electrons. The molecule has 0 aliphatic carbocycles. The second kappa shape index (κ2) is 10.6. The molecule has 0 atom stereocenters. The number of likely N-dealkylation sites (N-methyl/N-ethyl adjacent to an activating group) is 2. The summed E-state index contributed by atoms with van der Waals surface area (Å²) in [5.41, 5.74) is 5.32. The van der Waals surface area contributed by atoms with E-state index < -0.39 is 0 Å². The zero-order valence-corrected chi connectivity index (χ0v) is 21.1. The van der Waals surface area contributed by atoms with Crippen LogP contribution < -0.4 is 20.3 Å². The molecule has 0 saturated carbocycles. The highest BCUT2D eigenvalue weighted by atomic mass is 16.5. The molecule has 0 radical (unpaired) electrons. The van der Waals surface area contributed by atoms with Gasteiger partial charge >= 0.3 is 0 Å². The SMILES string of the molecule is C=CC(=O)Nc1cc(Nc2ncc3c(C)cc(C(C)C)n3n2)c(OC)cc1N(C)CCN(C)C. The van der Waals surface area contributed by atoms with E-state index in [0.29, 0.717) is 29.0 Å². The van der Waals surface area contributed by atoms with Crippen LogP contribution in [0.2, 0.25) is 0 Å². The molecule has 2 heterocycles. The van der Waals surface area contributed by atoms with Crippen LogP contribution in [0.4, 0.5) is 23.0 Å². The predicted molar refractivity (Wildman–Crippen MR) is 139 cm³/mol. The van der Waals surface area contributed by atoms with Crippen molar-refractivity contribution >= 4 is 34.4 Å². The first-order valence-corrected chi connectivity index (χ1v) is 11.3. The quantitative estimate of drug-likeness (QED) is 0.437. The Labute approximate surface area is 201 Å². The number of methoxy groups -OCH3 is 1. The van der Waals surface area contributed by atoms with Gasteiger partial charge in [0.05, 0.1) is 35.9 Å². The van der Waals surface area contributed by atoms with E-state index >= 15 is 0 Å². The molecule has 0 saturated heterocycles. The summed E-state index contributed by atoms with van der Waals surface area (Å²) in [4.78, 5) is 20.8. The first-order valence-electron chi connectivity index (χ1n) is 11.3. The predicted octanol–water partition coefficient (Wildman–Crippen LogP) is 4.04. The first-order chi connectivity index (χ1) is 16.1. The van der Waals surface area contributed by atoms with Gasteiger partial charge in [-0.25, -0.2) is 9.50 Å². The topological polar surface area (TPSA) is 87.0 Å². The molecule has 0 spiro atoms. The molecular formula is C25H35N7O2. The standard InChI is InChI=1S/C25H35N7O2/c1-9-24(33)27-18-13-19(23(34-8)14-21(18)31(7)11-10-30(5)6)28-25-26-15-22-17(4)12-20(16(2)3)32(22)29-25/h9,12-16H,1,10-11H2,2-8H3,(H,27,33)(H,28,29). The Morgan fingerprint density at radius 3 is 2.56 bits per heavy atom. The van der Waals surface area contributed by atoms with Gasteiger partial charge in [-0.15, -0.1) is 5.10 Å². The molecule has 9 heteroatoms. The number of benzene rings is 1. The summed E-state index contributed by atoms with van der Waals surface area (Å²) in [5, 5.41) is 10.9. The minimum atomic E-state index is -0.291. The van der Waals surface area contributed by atoms with Crippen molar-refractivity contribution in [3.8, 4) is 5.75 Å². The Bertz CT molecular complexity index is 1180. The molecule has 34 heavy (non-hydrogen) atoms. The van der Waals surface area contributed by atoms with Gasteiger partial charge in [0, 0.05) is 31.9 Å². The number of nitrogens with zero attached hydrogens (tertiary/aromatic N) is 5. The molecule has 0 unspecified atom stereocenters. The van der Waals surface area contributed by atoms with Crippen LogP contribution in [0.25, 0.3) is 5.52 Å². The number of aryl methyl sites for hydroxylation is 1. The van der Waals surface area contributed by atoms with Crippen molar-refractivity contribution in [2.75, 3.05) is 56.9 Å². The smallest absolute Gasteiger partial charge is 0.247 e. The fourth-order valence-electron chi connectivity index (χ4n) is 3.67. The third-order valence-electron chi connectivity index (χ3n) is 5.64. The lowest BCUT2D eigenvalue weighted by atomic mass is 10.1. The lowest BCUT2D eigenvalue weighted by Crippen LogP contribution is -2.29. The molecular weight excluding hydrogens is 430 g/mol. The Morgan fingerprint density at radius 1 is 1.21 bits per heavy atom. The molecule has 3 aromatic rings. The third-order valence-corrected chi connectivity index (χ3v) is 5.64. The maximum atomic E-state index is 12.2. The summed E-state index contributed by atoms with van der Waals surface area (Å²) in [6.07, 6.45) is 3.06. The number of amides is 1. The van der Waals surface area contributed by atoms with Crippen LogP contribution in [-0.2, 0) is 4.79 Å². The number of carbonyl (C=O) groups excluding carboxylic acids is 1. The average molecular weight is 466 g/mol. The zero-order valence-electron chi connectivity index (χ0n) is 21.1. The number of fused-ring (bicyclic) bond motifs is 1. The van der Waals surface area contributed by atoms with Crippen LogP contribution in [0.1, 0.15) is 31.0 Å². The van der Waals surface area contributed by atoms with Crippen molar-refractivity contribution in [2.45, 2.75) is 26.7 Å². The van der Waals surface area contributed by atoms with Gasteiger partial charge < -0.3 is 25.2 Å². The second-order valence-corrected chi connectivity index (χ2v) is 8.90. The van der Waals surface area contributed by atoms with Crippen molar-refractivity contribution in [1.82, 2.24) is 19.5 Å². The second-order valence-electron chi connectivity index (χ2n) is 8.90. The zero-order chi connectivity index (χ0) is 25.0. The third kappa shape index (κ3) is 5.48. The van der Waals surface area contributed by atoms with Gasteiger partial charge in [0.2, 0.25) is 11.9 Å². The molecule has 0 aliphatic heterocycles. The van der Waals surface area contributed by atoms with E-state index in [-0.39, 0.29) is 5.91 Å². The van der Waals surface area contributed by atoms with Crippen LogP contribution in [0.5, 0.6) is 5.75 Å². The first kappa shape index (κ1) is 25.0. The van der Waals surface area contributed by atoms with Gasteiger partial charge in [-0.2, -0.15) is 0 Å². The maximum absolute atomic E-state index is 12.2. The van der Waals surface area contributed by atoms with E-state index in [1.165, 1.54) is 6.08 Å². The number of aromatic nitrogens is 3. The van der Waals surface area contributed by atoms with Gasteiger partial charge in [-0.3, -0.25) is 4.79 Å². The molecule has 3 rings (SSSR count). The number of hydrogen-bond acceptors (Lipinski definition) is 7. The Balaban J connectivity index is 2.03. The van der Waals surface area contributed by atoms with Gasteiger partial charge in [0.1, 0.15) is 5.75 Å². The van der Waals surface area contributed by atoms with Gasteiger partial charge in [0.15, 0.2) is 0 Å². The molecule has 1 amide bonds. The van der Waals surface area contributed by atoms with E-state index in [2.05, 4.69) is 58.8 Å². The normalized spacial score (nSPS) is 11.2. The van der Waals surface area contributed by atoms with E-state index in [1.807, 2.05) is 44.0 Å². The molecule has 9 nitrogen and oxygen atoms in total. The summed E-state index contributed by atoms with van der Waals surface area (Å²) in [7, 11) is 7.64. The molecule has 0 fully saturated rings. The summed E-state index contributed by atoms with van der Waals surface area (Å²) in [6.45, 7) is 11.5. The van der Waals surface area contributed by atoms with Gasteiger partial charge in [-0.1, -0.05) is 20.4 Å². The number of hydrogen-bond donors (Lipinski definition) is 2. The monoisotopic (exact) mass is 465 g/mol. The fourth-order valence-corrected chi connectivity index (χ4v) is 3.67. The van der Waals surface area contributed by atoms with Crippen LogP contribution in [0.15, 0.2) is 37.1 Å². The van der Waals surface area contributed by atoms with Crippen LogP contribution in [-0.4, -0.2) is 66.7 Å². The van der Waals surface area contributed by atoms with E-state index in [1.54, 1.807) is 7.11 Å². The maximum Gasteiger partial charge on any atom is 0.247 e. The summed E-state index contributed by atoms with van der Waals surface area (Å²) in [6, 6.07) is 5.87. The van der Waals surface area contributed by atoms with Crippen molar-refractivity contribution in [3.05, 3.63) is 48.3 Å². The summed E-state index contributed by atoms with van der Waals surface area (Å²) < 4.78 is 7.60. The molecule has 0 aliphatic rings. The van der Waals surface area contributed by atoms with Crippen molar-refractivity contribution in [1.29, 1.82) is 0 Å². The number of carbonyl (C=O) groups is 1. The highest BCUT2D eigenvalue weighted by Gasteiger charge is 2.17. The number of ether oxygens (including phenoxy) is 1. The number of anilines is 4. The van der Waals surface area contributed by atoms with Crippen molar-refractivity contribution in [3.63, 3.8) is 0 Å². The highest BCUT2D eigenvalue weighted by Crippen LogP contribution is 2.38. The summed E-state index contributed by atoms with van der Waals surface area (Å²) >= 11 is 0. The van der Waals surface area contributed by atoms with Crippen molar-refractivity contribution in [2.24, 2.45) is 0 Å². The van der Waals surface area contributed by atoms with Crippen LogP contribution in [0.3, 0.4) is 0 Å². The Morgan fingerprint density at radius 2 is 1.94 bits per heavy atom. The molecule has 2 aromatic heterocycles. The Kier molecular flexibility index (Phi) is 7.78. The summed E-state index contributed by atoms with van der Waals surface area (Å²) in [5.74, 6) is 1.06. The largest absolute Gasteiger partial charge is 0.494 e. The molecule has 1 aromatic carbocycles. The Hall–Kier alpha value is -3.59. The van der Waals surface area contributed by atoms with E-state index in [0.717, 1.165) is 35.6 Å². The minimum Gasteiger partial charge on any atom is -0.494 e. The number of nitrogens with one attached hydrogen (secondary N) is 2. The van der Waals surface area contributed by atoms with Crippen molar-refractivity contribution < 1.29 is 9.53 Å². The lowest BCUT2D eigenvalue weighted by molar-refractivity contribution is -0.111. The fraction of sp³-hybridized carbons (Fsp3) is 0.400. The van der Waals surface area contributed by atoms with E-state index in [9.17, 15) is 4.79 Å². The average Bonchev–Trinajstić information content (AvgIpc) is 3.13. The molecule has 0 bridgehead atoms. The van der Waals surface area contributed by atoms with Gasteiger partial charge in [0.25, 0.3) is 0 Å².